The highest BCUT2D eigenvalue weighted by atomic mass is 32.2. The number of unbranched alkanes of at least 4 members (excludes halogenated alkanes) is 14. The molecule has 0 fully saturated rings. The third kappa shape index (κ3) is 36.2. The van der Waals surface area contributed by atoms with Crippen LogP contribution < -0.4 is 0 Å². The molecule has 0 bridgehead atoms. The summed E-state index contributed by atoms with van der Waals surface area (Å²) < 4.78 is 11.0. The first kappa shape index (κ1) is 47.6. The molecule has 0 saturated carbocycles. The molecule has 0 aliphatic carbocycles. The number of esters is 2. The molecular formula is C39H70N2O6S2. The van der Waals surface area contributed by atoms with E-state index >= 15 is 0 Å². The summed E-state index contributed by atoms with van der Waals surface area (Å²) in [5.74, 6) is 8.78. The molecule has 0 spiro atoms. The fourth-order valence-electron chi connectivity index (χ4n) is 5.38. The second-order valence-corrected chi connectivity index (χ2v) is 15.0. The second kappa shape index (κ2) is 39.4. The molecule has 0 unspecified atom stereocenters. The molecule has 0 heterocycles. The van der Waals surface area contributed by atoms with E-state index < -0.39 is 0 Å². The predicted molar refractivity (Wildman–Crippen MR) is 209 cm³/mol. The van der Waals surface area contributed by atoms with Crippen LogP contribution in [0, 0.1) is 24.7 Å². The van der Waals surface area contributed by atoms with Gasteiger partial charge in [0.25, 0.3) is 0 Å². The van der Waals surface area contributed by atoms with Crippen LogP contribution in [-0.4, -0.2) is 121 Å². The zero-order chi connectivity index (χ0) is 35.9. The van der Waals surface area contributed by atoms with Gasteiger partial charge in [0.2, 0.25) is 0 Å². The summed E-state index contributed by atoms with van der Waals surface area (Å²) in [7, 11) is 0. The minimum atomic E-state index is -0.211. The SMILES string of the molecule is C#CCCCCCCCCCSCCOC(=O)CCN(CCCN(CCO)CCO)CCC(=O)OCCSCCCCCCCCCC#C. The number of hydrogen-bond donors (Lipinski definition) is 2. The molecule has 49 heavy (non-hydrogen) atoms. The molecular weight excluding hydrogens is 657 g/mol. The quantitative estimate of drug-likeness (QED) is 0.0402. The highest BCUT2D eigenvalue weighted by Gasteiger charge is 2.13. The lowest BCUT2D eigenvalue weighted by atomic mass is 10.1. The van der Waals surface area contributed by atoms with Crippen molar-refractivity contribution < 1.29 is 29.3 Å². The van der Waals surface area contributed by atoms with Gasteiger partial charge in [0.15, 0.2) is 0 Å². The number of hydrogen-bond acceptors (Lipinski definition) is 10. The summed E-state index contributed by atoms with van der Waals surface area (Å²) in [5.41, 5.74) is 0. The molecule has 0 aliphatic rings. The number of rotatable bonds is 38. The Labute approximate surface area is 309 Å². The first-order valence-corrected chi connectivity index (χ1v) is 21.4. The van der Waals surface area contributed by atoms with Crippen LogP contribution in [0.2, 0.25) is 0 Å². The summed E-state index contributed by atoms with van der Waals surface area (Å²) in [6.07, 6.45) is 31.0. The van der Waals surface area contributed by atoms with E-state index in [9.17, 15) is 19.8 Å². The monoisotopic (exact) mass is 726 g/mol. The molecule has 0 aromatic carbocycles. The molecule has 0 atom stereocenters. The smallest absolute Gasteiger partial charge is 0.307 e. The van der Waals surface area contributed by atoms with Crippen LogP contribution in [0.5, 0.6) is 0 Å². The number of ether oxygens (including phenoxy) is 2. The van der Waals surface area contributed by atoms with Gasteiger partial charge in [0.05, 0.1) is 26.1 Å². The molecule has 0 rings (SSSR count). The Morgan fingerprint density at radius 2 is 0.857 bits per heavy atom. The van der Waals surface area contributed by atoms with Gasteiger partial charge in [-0.15, -0.1) is 24.7 Å². The van der Waals surface area contributed by atoms with Crippen LogP contribution in [0.3, 0.4) is 0 Å². The predicted octanol–water partition coefficient (Wildman–Crippen LogP) is 6.81. The van der Waals surface area contributed by atoms with Crippen LogP contribution in [0.25, 0.3) is 0 Å². The topological polar surface area (TPSA) is 99.5 Å². The van der Waals surface area contributed by atoms with Crippen molar-refractivity contribution in [2.24, 2.45) is 0 Å². The zero-order valence-electron chi connectivity index (χ0n) is 30.7. The van der Waals surface area contributed by atoms with Crippen molar-refractivity contribution in [3.63, 3.8) is 0 Å². The third-order valence-corrected chi connectivity index (χ3v) is 10.3. The van der Waals surface area contributed by atoms with Crippen molar-refractivity contribution in [1.82, 2.24) is 9.80 Å². The maximum atomic E-state index is 12.5. The van der Waals surface area contributed by atoms with Crippen LogP contribution in [0.1, 0.15) is 122 Å². The van der Waals surface area contributed by atoms with Crippen LogP contribution in [0.15, 0.2) is 0 Å². The lowest BCUT2D eigenvalue weighted by molar-refractivity contribution is -0.143. The van der Waals surface area contributed by atoms with Crippen molar-refractivity contribution in [3.8, 4) is 24.7 Å². The molecule has 8 nitrogen and oxygen atoms in total. The fourth-order valence-corrected chi connectivity index (χ4v) is 7.00. The van der Waals surface area contributed by atoms with Gasteiger partial charge < -0.3 is 24.6 Å². The number of terminal acetylenes is 2. The van der Waals surface area contributed by atoms with Gasteiger partial charge in [0.1, 0.15) is 13.2 Å². The molecule has 0 amide bonds. The minimum absolute atomic E-state index is 0.0421. The zero-order valence-corrected chi connectivity index (χ0v) is 32.4. The van der Waals surface area contributed by atoms with E-state index in [2.05, 4.69) is 16.7 Å². The van der Waals surface area contributed by atoms with Crippen molar-refractivity contribution in [2.75, 3.05) is 88.7 Å². The summed E-state index contributed by atoms with van der Waals surface area (Å²) in [6, 6.07) is 0. The highest BCUT2D eigenvalue weighted by Crippen LogP contribution is 2.13. The molecule has 0 aromatic rings. The number of aliphatic hydroxyl groups excluding tert-OH is 2. The molecule has 0 radical (unpaired) electrons. The van der Waals surface area contributed by atoms with Crippen molar-refractivity contribution in [2.45, 2.75) is 122 Å². The van der Waals surface area contributed by atoms with Gasteiger partial charge in [-0.2, -0.15) is 23.5 Å². The van der Waals surface area contributed by atoms with Gasteiger partial charge in [-0.05, 0) is 56.7 Å². The van der Waals surface area contributed by atoms with E-state index in [1.807, 2.05) is 28.4 Å². The molecule has 2 N–H and O–H groups in total. The maximum Gasteiger partial charge on any atom is 0.307 e. The second-order valence-electron chi connectivity index (χ2n) is 12.5. The fraction of sp³-hybridized carbons (Fsp3) is 0.846. The number of nitrogens with zero attached hydrogens (tertiary/aromatic N) is 2. The molecule has 284 valence electrons. The summed E-state index contributed by atoms with van der Waals surface area (Å²) in [4.78, 5) is 29.0. The van der Waals surface area contributed by atoms with Gasteiger partial charge in [-0.3, -0.25) is 14.5 Å². The summed E-state index contributed by atoms with van der Waals surface area (Å²) in [6.45, 7) is 4.41. The Hall–Kier alpha value is -1.40. The number of aliphatic hydroxyl groups is 2. The number of carbonyl (C=O) groups is 2. The van der Waals surface area contributed by atoms with Crippen molar-refractivity contribution >= 4 is 35.5 Å². The lowest BCUT2D eigenvalue weighted by Gasteiger charge is -2.24. The molecule has 0 saturated heterocycles. The van der Waals surface area contributed by atoms with E-state index in [0.717, 1.165) is 61.7 Å². The van der Waals surface area contributed by atoms with E-state index in [1.54, 1.807) is 0 Å². The van der Waals surface area contributed by atoms with E-state index in [1.165, 1.54) is 77.0 Å². The molecule has 10 heteroatoms. The Bertz CT molecular complexity index is 773. The number of carbonyl (C=O) groups excluding carboxylic acids is 2. The first-order valence-electron chi connectivity index (χ1n) is 19.1. The summed E-state index contributed by atoms with van der Waals surface area (Å²) >= 11 is 3.67. The van der Waals surface area contributed by atoms with Gasteiger partial charge >= 0.3 is 11.9 Å². The van der Waals surface area contributed by atoms with E-state index in [0.29, 0.717) is 45.9 Å². The van der Waals surface area contributed by atoms with Crippen molar-refractivity contribution in [3.05, 3.63) is 0 Å². The maximum absolute atomic E-state index is 12.5. The average molecular weight is 727 g/mol. The third-order valence-electron chi connectivity index (χ3n) is 8.25. The van der Waals surface area contributed by atoms with Gasteiger partial charge in [-0.25, -0.2) is 0 Å². The first-order chi connectivity index (χ1) is 24.1. The average Bonchev–Trinajstić information content (AvgIpc) is 3.10. The molecule has 0 aromatic heterocycles. The Morgan fingerprint density at radius 1 is 0.490 bits per heavy atom. The minimum Gasteiger partial charge on any atom is -0.465 e. The van der Waals surface area contributed by atoms with Gasteiger partial charge in [0, 0.05) is 50.5 Å². The van der Waals surface area contributed by atoms with Crippen molar-refractivity contribution in [1.29, 1.82) is 0 Å². The Kier molecular flexibility index (Phi) is 38.3. The van der Waals surface area contributed by atoms with E-state index in [-0.39, 0.29) is 38.0 Å². The largest absolute Gasteiger partial charge is 0.465 e. The van der Waals surface area contributed by atoms with Crippen LogP contribution >= 0.6 is 23.5 Å². The normalized spacial score (nSPS) is 11.1. The lowest BCUT2D eigenvalue weighted by Crippen LogP contribution is -2.35. The van der Waals surface area contributed by atoms with Crippen LogP contribution in [0.4, 0.5) is 0 Å². The van der Waals surface area contributed by atoms with E-state index in [4.69, 9.17) is 22.3 Å². The van der Waals surface area contributed by atoms with Crippen LogP contribution in [-0.2, 0) is 19.1 Å². The number of thioether (sulfide) groups is 2. The highest BCUT2D eigenvalue weighted by molar-refractivity contribution is 7.99. The summed E-state index contributed by atoms with van der Waals surface area (Å²) in [5, 5.41) is 18.6. The Morgan fingerprint density at radius 3 is 1.24 bits per heavy atom. The Balaban J connectivity index is 4.19. The molecule has 0 aliphatic heterocycles. The standard InChI is InChI=1S/C39H70N2O6S2/c1-3-5-7-9-11-13-15-17-19-34-48-36-32-46-38(44)22-26-40(24-21-25-41(28-30-42)29-31-43)27-23-39(45)47-33-37-49-35-20-18-16-14-12-10-8-6-4-2/h1-2,42-43H,5-37H2. The van der Waals surface area contributed by atoms with Gasteiger partial charge in [-0.1, -0.05) is 64.2 Å².